The first kappa shape index (κ1) is 29.5. The van der Waals surface area contributed by atoms with Gasteiger partial charge in [-0.1, -0.05) is 130 Å². The van der Waals surface area contributed by atoms with Gasteiger partial charge in [0.1, 0.15) is 0 Å². The van der Waals surface area contributed by atoms with Gasteiger partial charge in [0.25, 0.3) is 14.2 Å². The molecule has 0 saturated heterocycles. The van der Waals surface area contributed by atoms with Gasteiger partial charge in [0, 0.05) is 18.7 Å². The van der Waals surface area contributed by atoms with Crippen LogP contribution in [0.5, 0.6) is 0 Å². The molecule has 0 spiro atoms. The van der Waals surface area contributed by atoms with Gasteiger partial charge in [0.15, 0.2) is 0 Å². The fourth-order valence-electron chi connectivity index (χ4n) is 5.80. The molecule has 0 N–H and O–H groups in total. The van der Waals surface area contributed by atoms with Crippen molar-refractivity contribution in [2.45, 2.75) is 58.5 Å². The molecule has 0 aliphatic heterocycles. The van der Waals surface area contributed by atoms with E-state index in [0.29, 0.717) is 13.2 Å². The average Bonchev–Trinajstić information content (AvgIpc) is 2.95. The molecule has 3 nitrogen and oxygen atoms in total. The third kappa shape index (κ3) is 5.98. The van der Waals surface area contributed by atoms with E-state index >= 15 is 0 Å². The van der Waals surface area contributed by atoms with Crippen LogP contribution in [-0.2, 0) is 9.96 Å². The molecule has 4 aromatic rings. The van der Waals surface area contributed by atoms with Crippen molar-refractivity contribution >= 4 is 24.6 Å². The summed E-state index contributed by atoms with van der Waals surface area (Å²) in [5, 5.41) is 2.45. The molecule has 0 aliphatic rings. The lowest BCUT2D eigenvalue weighted by molar-refractivity contribution is 0.0523. The normalized spacial score (nSPS) is 12.2. The Labute approximate surface area is 242 Å². The highest BCUT2D eigenvalue weighted by atomic mass is 28.4. The number of carbonyl (C=O) groups excluding carboxylic acids is 1. The minimum atomic E-state index is -2.63. The Hall–Kier alpha value is -3.47. The van der Waals surface area contributed by atoms with Gasteiger partial charge in [0.2, 0.25) is 0 Å². The molecule has 208 valence electrons. The van der Waals surface area contributed by atoms with Crippen molar-refractivity contribution in [2.24, 2.45) is 0 Å². The van der Waals surface area contributed by atoms with Gasteiger partial charge in [-0.15, -0.1) is 0 Å². The maximum Gasteiger partial charge on any atom is 0.261 e. The van der Waals surface area contributed by atoms with Gasteiger partial charge >= 0.3 is 0 Å². The summed E-state index contributed by atoms with van der Waals surface area (Å²) >= 11 is 0. The molecular formula is C36H43NO2Si. The van der Waals surface area contributed by atoms with Crippen molar-refractivity contribution in [3.05, 3.63) is 132 Å². The fourth-order valence-corrected chi connectivity index (χ4v) is 10.4. The van der Waals surface area contributed by atoms with Crippen LogP contribution in [0.2, 0.25) is 5.04 Å². The number of rotatable bonds is 10. The molecule has 0 radical (unpaired) electrons. The number of carbonyl (C=O) groups is 1. The molecule has 0 saturated carbocycles. The highest BCUT2D eigenvalue weighted by Crippen LogP contribution is 2.37. The zero-order valence-electron chi connectivity index (χ0n) is 24.9. The lowest BCUT2D eigenvalue weighted by Crippen LogP contribution is -2.66. The van der Waals surface area contributed by atoms with Gasteiger partial charge in [-0.25, -0.2) is 0 Å². The molecule has 0 unspecified atom stereocenters. The van der Waals surface area contributed by atoms with Crippen LogP contribution in [0.25, 0.3) is 0 Å². The van der Waals surface area contributed by atoms with E-state index in [2.05, 4.69) is 107 Å². The van der Waals surface area contributed by atoms with Crippen molar-refractivity contribution in [2.75, 3.05) is 13.2 Å². The molecular weight excluding hydrogens is 506 g/mol. The summed E-state index contributed by atoms with van der Waals surface area (Å²) in [5.41, 5.74) is 2.37. The van der Waals surface area contributed by atoms with Crippen molar-refractivity contribution in [3.8, 4) is 0 Å². The highest BCUT2D eigenvalue weighted by molar-refractivity contribution is 6.99. The van der Waals surface area contributed by atoms with Crippen LogP contribution in [-0.4, -0.2) is 32.3 Å². The summed E-state index contributed by atoms with van der Waals surface area (Å²) in [7, 11) is -2.63. The molecule has 40 heavy (non-hydrogen) atoms. The van der Waals surface area contributed by atoms with Crippen LogP contribution >= 0.6 is 0 Å². The summed E-state index contributed by atoms with van der Waals surface area (Å²) in [4.78, 5) is 16.1. The zero-order valence-corrected chi connectivity index (χ0v) is 25.9. The number of hydrogen-bond acceptors (Lipinski definition) is 2. The van der Waals surface area contributed by atoms with Crippen LogP contribution in [0.3, 0.4) is 0 Å². The molecule has 0 aliphatic carbocycles. The maximum atomic E-state index is 14.1. The zero-order chi connectivity index (χ0) is 28.8. The maximum absolute atomic E-state index is 14.1. The summed E-state index contributed by atoms with van der Waals surface area (Å²) in [6.45, 7) is 14.3. The van der Waals surface area contributed by atoms with Crippen LogP contribution in [0, 0.1) is 6.92 Å². The van der Waals surface area contributed by atoms with E-state index in [-0.39, 0.29) is 10.9 Å². The lowest BCUT2D eigenvalue weighted by Gasteiger charge is -2.43. The lowest BCUT2D eigenvalue weighted by atomic mass is 9.90. The molecule has 0 bridgehead atoms. The SMILES string of the molecule is Cc1ccccc1C(=O)N(CCCO[Si](c1ccccc1)(c1ccccc1)C(C)(C)C)C(C)(C)c1ccccc1. The molecule has 0 atom stereocenters. The average molecular weight is 550 g/mol. The minimum absolute atomic E-state index is 0.0531. The van der Waals surface area contributed by atoms with Crippen LogP contribution in [0.4, 0.5) is 0 Å². The number of nitrogens with zero attached hydrogens (tertiary/aromatic N) is 1. The Morgan fingerprint density at radius 3 is 1.68 bits per heavy atom. The topological polar surface area (TPSA) is 29.5 Å². The summed E-state index contributed by atoms with van der Waals surface area (Å²) < 4.78 is 7.15. The van der Waals surface area contributed by atoms with E-state index in [9.17, 15) is 4.79 Å². The first-order chi connectivity index (χ1) is 19.1. The second-order valence-corrected chi connectivity index (χ2v) is 16.4. The Morgan fingerprint density at radius 2 is 1.18 bits per heavy atom. The second-order valence-electron chi connectivity index (χ2n) is 12.1. The Balaban J connectivity index is 1.65. The smallest absolute Gasteiger partial charge is 0.261 e. The Kier molecular flexibility index (Phi) is 9.12. The molecule has 1 amide bonds. The fraction of sp³-hybridized carbons (Fsp3) is 0.306. The van der Waals surface area contributed by atoms with Crippen LogP contribution in [0.15, 0.2) is 115 Å². The molecule has 4 rings (SSSR count). The van der Waals surface area contributed by atoms with Crippen LogP contribution < -0.4 is 10.4 Å². The third-order valence-electron chi connectivity index (χ3n) is 8.04. The van der Waals surface area contributed by atoms with Crippen molar-refractivity contribution in [1.82, 2.24) is 4.90 Å². The summed E-state index contributed by atoms with van der Waals surface area (Å²) in [5.74, 6) is 0.0531. The predicted octanol–water partition coefficient (Wildman–Crippen LogP) is 7.34. The van der Waals surface area contributed by atoms with Gasteiger partial charge in [-0.05, 0) is 59.8 Å². The molecule has 0 heterocycles. The molecule has 4 heteroatoms. The van der Waals surface area contributed by atoms with Gasteiger partial charge < -0.3 is 9.33 Å². The highest BCUT2D eigenvalue weighted by Gasteiger charge is 2.50. The minimum Gasteiger partial charge on any atom is -0.407 e. The third-order valence-corrected chi connectivity index (χ3v) is 13.1. The summed E-state index contributed by atoms with van der Waals surface area (Å²) in [6, 6.07) is 39.6. The molecule has 0 fully saturated rings. The Bertz CT molecular complexity index is 1340. The van der Waals surface area contributed by atoms with Gasteiger partial charge in [0.05, 0.1) is 5.54 Å². The first-order valence-electron chi connectivity index (χ1n) is 14.3. The van der Waals surface area contributed by atoms with E-state index < -0.39 is 13.9 Å². The number of benzene rings is 4. The second kappa shape index (κ2) is 12.4. The van der Waals surface area contributed by atoms with Crippen molar-refractivity contribution in [1.29, 1.82) is 0 Å². The Morgan fingerprint density at radius 1 is 0.700 bits per heavy atom. The monoisotopic (exact) mass is 549 g/mol. The number of hydrogen-bond donors (Lipinski definition) is 0. The van der Waals surface area contributed by atoms with E-state index in [4.69, 9.17) is 4.43 Å². The molecule has 0 aromatic heterocycles. The van der Waals surface area contributed by atoms with Gasteiger partial charge in [-0.3, -0.25) is 4.79 Å². The van der Waals surface area contributed by atoms with Crippen molar-refractivity contribution in [3.63, 3.8) is 0 Å². The predicted molar refractivity (Wildman–Crippen MR) is 170 cm³/mol. The van der Waals surface area contributed by atoms with E-state index in [0.717, 1.165) is 23.1 Å². The van der Waals surface area contributed by atoms with Crippen molar-refractivity contribution < 1.29 is 9.22 Å². The number of amides is 1. The van der Waals surface area contributed by atoms with E-state index in [1.165, 1.54) is 10.4 Å². The van der Waals surface area contributed by atoms with E-state index in [1.807, 2.05) is 54.3 Å². The largest absolute Gasteiger partial charge is 0.407 e. The standard InChI is InChI=1S/C36H43NO2Si/c1-29-19-16-17-26-33(29)34(38)37(36(5,6)30-20-10-7-11-21-30)27-18-28-39-40(35(2,3)4,31-22-12-8-13-23-31)32-24-14-9-15-25-32/h7-17,19-26H,18,27-28H2,1-6H3. The summed E-state index contributed by atoms with van der Waals surface area (Å²) in [6.07, 6.45) is 0.735. The van der Waals surface area contributed by atoms with Gasteiger partial charge in [-0.2, -0.15) is 0 Å². The quantitative estimate of drug-likeness (QED) is 0.153. The van der Waals surface area contributed by atoms with E-state index in [1.54, 1.807) is 0 Å². The number of aryl methyl sites for hydroxylation is 1. The van der Waals surface area contributed by atoms with Crippen LogP contribution in [0.1, 0.15) is 62.5 Å². The first-order valence-corrected chi connectivity index (χ1v) is 16.2. The molecule has 4 aromatic carbocycles.